The zero-order chi connectivity index (χ0) is 14.9. The summed E-state index contributed by atoms with van der Waals surface area (Å²) in [5.41, 5.74) is 5.70. The Labute approximate surface area is 116 Å². The number of nitro benzene ring substituents is 1. The van der Waals surface area contributed by atoms with Crippen LogP contribution in [0.1, 0.15) is 12.8 Å². The fourth-order valence-electron chi connectivity index (χ4n) is 2.07. The van der Waals surface area contributed by atoms with E-state index in [1.165, 1.54) is 19.2 Å². The van der Waals surface area contributed by atoms with Crippen LogP contribution in [0.15, 0.2) is 23.1 Å². The predicted molar refractivity (Wildman–Crippen MR) is 74.0 cm³/mol. The van der Waals surface area contributed by atoms with Gasteiger partial charge in [-0.15, -0.1) is 0 Å². The van der Waals surface area contributed by atoms with Crippen molar-refractivity contribution in [3.63, 3.8) is 0 Å². The molecule has 0 atom stereocenters. The first-order valence-electron chi connectivity index (χ1n) is 6.07. The van der Waals surface area contributed by atoms with Crippen LogP contribution in [0.4, 0.5) is 11.4 Å². The Bertz CT molecular complexity index is 625. The molecule has 20 heavy (non-hydrogen) atoms. The van der Waals surface area contributed by atoms with E-state index < -0.39 is 14.9 Å². The monoisotopic (exact) mass is 300 g/mol. The molecule has 0 radical (unpaired) electrons. The number of hydrogen-bond acceptors (Lipinski definition) is 6. The van der Waals surface area contributed by atoms with E-state index in [0.29, 0.717) is 5.69 Å². The highest BCUT2D eigenvalue weighted by Crippen LogP contribution is 2.31. The Morgan fingerprint density at radius 3 is 2.55 bits per heavy atom. The molecule has 0 amide bonds. The fraction of sp³-hybridized carbons (Fsp3) is 0.455. The third-order valence-corrected chi connectivity index (χ3v) is 4.69. The highest BCUT2D eigenvalue weighted by molar-refractivity contribution is 7.89. The average molecular weight is 300 g/mol. The molecule has 0 unspecified atom stereocenters. The number of anilines is 1. The number of rotatable bonds is 5. The van der Waals surface area contributed by atoms with E-state index in [1.807, 2.05) is 0 Å². The zero-order valence-corrected chi connectivity index (χ0v) is 11.7. The largest absolute Gasteiger partial charge is 0.377 e. The summed E-state index contributed by atoms with van der Waals surface area (Å²) in [5, 5.41) is 14.1. The van der Waals surface area contributed by atoms with Gasteiger partial charge in [0.05, 0.1) is 9.82 Å². The van der Waals surface area contributed by atoms with Gasteiger partial charge in [0.15, 0.2) is 0 Å². The number of sulfonamides is 1. The molecule has 0 spiro atoms. The Balaban J connectivity index is 2.31. The van der Waals surface area contributed by atoms with E-state index in [0.717, 1.165) is 18.9 Å². The molecule has 9 heteroatoms. The minimum absolute atomic E-state index is 0.0930. The molecule has 1 aliphatic rings. The van der Waals surface area contributed by atoms with Crippen LogP contribution in [0.2, 0.25) is 0 Å². The minimum Gasteiger partial charge on any atom is -0.377 e. The normalized spacial score (nSPS) is 22.1. The maximum Gasteiger partial charge on any atom is 0.293 e. The first-order valence-corrected chi connectivity index (χ1v) is 7.56. The second kappa shape index (κ2) is 5.35. The van der Waals surface area contributed by atoms with E-state index in [9.17, 15) is 18.5 Å². The molecule has 1 aromatic rings. The number of hydrogen-bond donors (Lipinski definition) is 3. The zero-order valence-electron chi connectivity index (χ0n) is 10.9. The van der Waals surface area contributed by atoms with E-state index in [2.05, 4.69) is 10.0 Å². The molecule has 4 N–H and O–H groups in total. The lowest BCUT2D eigenvalue weighted by Gasteiger charge is -2.33. The lowest BCUT2D eigenvalue weighted by molar-refractivity contribution is -0.384. The van der Waals surface area contributed by atoms with E-state index in [-0.39, 0.29) is 22.7 Å². The van der Waals surface area contributed by atoms with Crippen LogP contribution >= 0.6 is 0 Å². The summed E-state index contributed by atoms with van der Waals surface area (Å²) in [6.45, 7) is 0. The molecular weight excluding hydrogens is 284 g/mol. The van der Waals surface area contributed by atoms with Gasteiger partial charge >= 0.3 is 0 Å². The van der Waals surface area contributed by atoms with Gasteiger partial charge in [0, 0.05) is 18.2 Å². The Morgan fingerprint density at radius 2 is 2.05 bits per heavy atom. The van der Waals surface area contributed by atoms with Crippen LogP contribution in [0.5, 0.6) is 0 Å². The van der Waals surface area contributed by atoms with Gasteiger partial charge in [-0.2, -0.15) is 0 Å². The molecule has 1 aliphatic carbocycles. The quantitative estimate of drug-likeness (QED) is 0.533. The summed E-state index contributed by atoms with van der Waals surface area (Å²) in [7, 11) is -2.45. The third-order valence-electron chi connectivity index (χ3n) is 3.28. The third kappa shape index (κ3) is 2.89. The van der Waals surface area contributed by atoms with Crippen molar-refractivity contribution in [1.82, 2.24) is 4.72 Å². The van der Waals surface area contributed by atoms with Crippen molar-refractivity contribution in [2.24, 2.45) is 5.73 Å². The van der Waals surface area contributed by atoms with Crippen LogP contribution < -0.4 is 15.8 Å². The van der Waals surface area contributed by atoms with Crippen molar-refractivity contribution in [3.8, 4) is 0 Å². The Kier molecular flexibility index (Phi) is 3.93. The molecule has 110 valence electrons. The Morgan fingerprint density at radius 1 is 1.40 bits per heavy atom. The van der Waals surface area contributed by atoms with Crippen molar-refractivity contribution in [2.75, 3.05) is 12.4 Å². The lowest BCUT2D eigenvalue weighted by Crippen LogP contribution is -2.44. The van der Waals surface area contributed by atoms with Gasteiger partial charge in [0.25, 0.3) is 5.69 Å². The summed E-state index contributed by atoms with van der Waals surface area (Å²) in [5.74, 6) is 0. The maximum absolute atomic E-state index is 11.6. The van der Waals surface area contributed by atoms with Crippen LogP contribution in [-0.2, 0) is 10.0 Å². The summed E-state index contributed by atoms with van der Waals surface area (Å²) >= 11 is 0. The number of nitro groups is 1. The van der Waals surface area contributed by atoms with Crippen molar-refractivity contribution in [1.29, 1.82) is 0 Å². The second-order valence-electron chi connectivity index (χ2n) is 4.72. The highest BCUT2D eigenvalue weighted by Gasteiger charge is 2.28. The number of benzene rings is 1. The van der Waals surface area contributed by atoms with Crippen molar-refractivity contribution in [2.45, 2.75) is 29.8 Å². The van der Waals surface area contributed by atoms with Gasteiger partial charge in [0.1, 0.15) is 5.69 Å². The first kappa shape index (κ1) is 14.7. The molecule has 0 heterocycles. The molecular formula is C11H16N4O4S. The summed E-state index contributed by atoms with van der Waals surface area (Å²) in [6.07, 6.45) is 1.49. The SMILES string of the molecule is CNS(=O)(=O)c1ccc(NC2CC(N)C2)c([N+](=O)[O-])c1. The molecule has 0 saturated heterocycles. The van der Waals surface area contributed by atoms with Gasteiger partial charge in [-0.1, -0.05) is 0 Å². The van der Waals surface area contributed by atoms with Crippen LogP contribution in [0, 0.1) is 10.1 Å². The van der Waals surface area contributed by atoms with Crippen molar-refractivity contribution in [3.05, 3.63) is 28.3 Å². The van der Waals surface area contributed by atoms with Gasteiger partial charge in [-0.3, -0.25) is 10.1 Å². The molecule has 1 saturated carbocycles. The van der Waals surface area contributed by atoms with E-state index in [4.69, 9.17) is 5.73 Å². The summed E-state index contributed by atoms with van der Waals surface area (Å²) < 4.78 is 25.4. The van der Waals surface area contributed by atoms with Crippen LogP contribution in [0.25, 0.3) is 0 Å². The topological polar surface area (TPSA) is 127 Å². The number of nitrogens with one attached hydrogen (secondary N) is 2. The molecule has 1 aromatic carbocycles. The van der Waals surface area contributed by atoms with Gasteiger partial charge in [-0.05, 0) is 32.0 Å². The van der Waals surface area contributed by atoms with E-state index >= 15 is 0 Å². The number of nitrogens with two attached hydrogens (primary N) is 1. The predicted octanol–water partition coefficient (Wildman–Crippen LogP) is 0.404. The first-order chi connectivity index (χ1) is 9.33. The molecule has 0 aromatic heterocycles. The average Bonchev–Trinajstić information content (AvgIpc) is 2.36. The fourth-order valence-corrected chi connectivity index (χ4v) is 2.82. The van der Waals surface area contributed by atoms with Gasteiger partial charge < -0.3 is 11.1 Å². The lowest BCUT2D eigenvalue weighted by atomic mass is 9.87. The Hall–Kier alpha value is -1.71. The van der Waals surface area contributed by atoms with Gasteiger partial charge in [0.2, 0.25) is 10.0 Å². The highest BCUT2D eigenvalue weighted by atomic mass is 32.2. The van der Waals surface area contributed by atoms with Crippen LogP contribution in [0.3, 0.4) is 0 Å². The second-order valence-corrected chi connectivity index (χ2v) is 6.60. The summed E-state index contributed by atoms with van der Waals surface area (Å²) in [6, 6.07) is 4.00. The van der Waals surface area contributed by atoms with Crippen LogP contribution in [-0.4, -0.2) is 32.5 Å². The van der Waals surface area contributed by atoms with Gasteiger partial charge in [-0.25, -0.2) is 13.1 Å². The minimum atomic E-state index is -3.70. The van der Waals surface area contributed by atoms with Crippen molar-refractivity contribution < 1.29 is 13.3 Å². The summed E-state index contributed by atoms with van der Waals surface area (Å²) in [4.78, 5) is 10.3. The standard InChI is InChI=1S/C11H16N4O4S/c1-13-20(18,19)9-2-3-10(11(6-9)15(16)17)14-8-4-7(12)5-8/h2-3,6-8,13-14H,4-5,12H2,1H3. The van der Waals surface area contributed by atoms with Crippen molar-refractivity contribution >= 4 is 21.4 Å². The number of nitrogens with zero attached hydrogens (tertiary/aromatic N) is 1. The smallest absolute Gasteiger partial charge is 0.293 e. The molecule has 0 aliphatic heterocycles. The molecule has 1 fully saturated rings. The molecule has 0 bridgehead atoms. The molecule has 2 rings (SSSR count). The molecule has 8 nitrogen and oxygen atoms in total. The maximum atomic E-state index is 11.6. The van der Waals surface area contributed by atoms with E-state index in [1.54, 1.807) is 0 Å².